The molecule has 3 rings (SSSR count). The van der Waals surface area contributed by atoms with Gasteiger partial charge in [0.1, 0.15) is 5.69 Å². The first-order valence-electron chi connectivity index (χ1n) is 9.00. The molecule has 0 aliphatic heterocycles. The summed E-state index contributed by atoms with van der Waals surface area (Å²) in [4.78, 5) is 35.8. The topological polar surface area (TPSA) is 105 Å². The lowest BCUT2D eigenvalue weighted by Gasteiger charge is -2.15. The molecule has 0 aliphatic rings. The Labute approximate surface area is 167 Å². The second kappa shape index (κ2) is 8.83. The molecule has 1 aromatic heterocycles. The molecule has 0 radical (unpaired) electrons. The van der Waals surface area contributed by atoms with Crippen LogP contribution in [0.5, 0.6) is 0 Å². The molecule has 8 nitrogen and oxygen atoms in total. The average molecular weight is 391 g/mol. The van der Waals surface area contributed by atoms with Gasteiger partial charge >= 0.3 is 6.03 Å². The van der Waals surface area contributed by atoms with Gasteiger partial charge in [-0.05, 0) is 42.8 Å². The fourth-order valence-corrected chi connectivity index (χ4v) is 2.65. The highest BCUT2D eigenvalue weighted by Gasteiger charge is 2.13. The first-order chi connectivity index (χ1) is 13.9. The Morgan fingerprint density at radius 3 is 2.14 bits per heavy atom. The maximum Gasteiger partial charge on any atom is 0.323 e. The normalized spacial score (nSPS) is 11.4. The number of rotatable bonds is 5. The van der Waals surface area contributed by atoms with Crippen LogP contribution >= 0.6 is 0 Å². The number of urea groups is 1. The van der Waals surface area contributed by atoms with Crippen LogP contribution in [0.25, 0.3) is 0 Å². The van der Waals surface area contributed by atoms with Crippen molar-refractivity contribution in [2.75, 3.05) is 10.6 Å². The van der Waals surface area contributed by atoms with Crippen LogP contribution < -0.4 is 21.5 Å². The van der Waals surface area contributed by atoms with E-state index in [2.05, 4.69) is 21.0 Å². The molecule has 2 aromatic carbocycles. The minimum atomic E-state index is -0.377. The van der Waals surface area contributed by atoms with Crippen LogP contribution in [-0.4, -0.2) is 21.7 Å². The zero-order valence-electron chi connectivity index (χ0n) is 16.0. The highest BCUT2D eigenvalue weighted by Crippen LogP contribution is 2.17. The summed E-state index contributed by atoms with van der Waals surface area (Å²) in [6, 6.07) is 18.4. The van der Waals surface area contributed by atoms with Gasteiger partial charge in [-0.15, -0.1) is 0 Å². The highest BCUT2D eigenvalue weighted by atomic mass is 16.2. The van der Waals surface area contributed by atoms with Gasteiger partial charge in [0, 0.05) is 24.5 Å². The van der Waals surface area contributed by atoms with Crippen molar-refractivity contribution >= 4 is 23.3 Å². The number of nitrogens with one attached hydrogen (secondary N) is 3. The van der Waals surface area contributed by atoms with E-state index in [9.17, 15) is 14.4 Å². The van der Waals surface area contributed by atoms with Crippen LogP contribution in [0.3, 0.4) is 0 Å². The molecule has 0 aliphatic carbocycles. The van der Waals surface area contributed by atoms with E-state index in [0.717, 1.165) is 10.2 Å². The van der Waals surface area contributed by atoms with Crippen LogP contribution in [0, 0.1) is 0 Å². The molecule has 3 amide bonds. The lowest BCUT2D eigenvalue weighted by atomic mass is 10.1. The summed E-state index contributed by atoms with van der Waals surface area (Å²) >= 11 is 0. The van der Waals surface area contributed by atoms with Crippen molar-refractivity contribution < 1.29 is 9.59 Å². The lowest BCUT2D eigenvalue weighted by Crippen LogP contribution is -2.30. The number of anilines is 2. The number of hydrogen-bond donors (Lipinski definition) is 3. The Hall–Kier alpha value is -3.94. The number of amides is 3. The zero-order chi connectivity index (χ0) is 20.8. The minimum Gasteiger partial charge on any atom is -0.344 e. The molecule has 29 heavy (non-hydrogen) atoms. The van der Waals surface area contributed by atoms with Crippen molar-refractivity contribution in [1.29, 1.82) is 0 Å². The summed E-state index contributed by atoms with van der Waals surface area (Å²) in [6.45, 7) is 1.84. The Bertz CT molecular complexity index is 1060. The summed E-state index contributed by atoms with van der Waals surface area (Å²) in [6.07, 6.45) is 0. The van der Waals surface area contributed by atoms with E-state index >= 15 is 0 Å². The molecule has 1 heterocycles. The number of hydrogen-bond acceptors (Lipinski definition) is 4. The summed E-state index contributed by atoms with van der Waals surface area (Å²) in [5.74, 6) is -0.377. The number of para-hydroxylation sites is 1. The number of carbonyl (C=O) groups is 2. The van der Waals surface area contributed by atoms with E-state index in [1.165, 1.54) is 19.2 Å². The highest BCUT2D eigenvalue weighted by molar-refractivity contribution is 5.99. The first-order valence-corrected chi connectivity index (χ1v) is 9.00. The second-order valence-electron chi connectivity index (χ2n) is 6.44. The van der Waals surface area contributed by atoms with Gasteiger partial charge in [-0.3, -0.25) is 9.59 Å². The Morgan fingerprint density at radius 2 is 1.52 bits per heavy atom. The van der Waals surface area contributed by atoms with Crippen molar-refractivity contribution in [1.82, 2.24) is 15.1 Å². The maximum atomic E-state index is 12.3. The van der Waals surface area contributed by atoms with Crippen LogP contribution in [0.4, 0.5) is 16.2 Å². The molecular formula is C21H21N5O3. The summed E-state index contributed by atoms with van der Waals surface area (Å²) in [7, 11) is 1.49. The molecule has 0 fully saturated rings. The smallest absolute Gasteiger partial charge is 0.323 e. The Kier molecular flexibility index (Phi) is 6.03. The first kappa shape index (κ1) is 19.8. The fraction of sp³-hybridized carbons (Fsp3) is 0.143. The monoisotopic (exact) mass is 391 g/mol. The van der Waals surface area contributed by atoms with Gasteiger partial charge in [0.15, 0.2) is 0 Å². The third-order valence-electron chi connectivity index (χ3n) is 4.24. The predicted octanol–water partition coefficient (Wildman–Crippen LogP) is 2.92. The van der Waals surface area contributed by atoms with E-state index in [4.69, 9.17) is 0 Å². The third kappa shape index (κ3) is 5.29. The number of benzene rings is 2. The number of aromatic nitrogens is 2. The molecule has 0 spiro atoms. The number of carbonyl (C=O) groups excluding carboxylic acids is 2. The Morgan fingerprint density at radius 1 is 0.897 bits per heavy atom. The molecule has 8 heteroatoms. The molecular weight excluding hydrogens is 370 g/mol. The molecule has 1 atom stereocenters. The zero-order valence-corrected chi connectivity index (χ0v) is 16.0. The van der Waals surface area contributed by atoms with Crippen LogP contribution in [0.2, 0.25) is 0 Å². The van der Waals surface area contributed by atoms with Gasteiger partial charge < -0.3 is 16.0 Å². The van der Waals surface area contributed by atoms with Crippen molar-refractivity contribution in [3.63, 3.8) is 0 Å². The van der Waals surface area contributed by atoms with Crippen LogP contribution in [0.1, 0.15) is 29.0 Å². The van der Waals surface area contributed by atoms with E-state index < -0.39 is 0 Å². The van der Waals surface area contributed by atoms with Gasteiger partial charge in [0.05, 0.1) is 6.04 Å². The average Bonchev–Trinajstić information content (AvgIpc) is 2.71. The second-order valence-corrected chi connectivity index (χ2v) is 6.44. The third-order valence-corrected chi connectivity index (χ3v) is 4.24. The minimum absolute atomic E-state index is 0.162. The van der Waals surface area contributed by atoms with E-state index in [1.54, 1.807) is 24.3 Å². The van der Waals surface area contributed by atoms with Crippen molar-refractivity contribution in [2.24, 2.45) is 7.05 Å². The van der Waals surface area contributed by atoms with Crippen molar-refractivity contribution in [2.45, 2.75) is 13.0 Å². The predicted molar refractivity (Wildman–Crippen MR) is 111 cm³/mol. The molecule has 1 unspecified atom stereocenters. The van der Waals surface area contributed by atoms with Crippen molar-refractivity contribution in [3.05, 3.63) is 88.3 Å². The quantitative estimate of drug-likeness (QED) is 0.622. The maximum absolute atomic E-state index is 12.3. The molecule has 148 valence electrons. The van der Waals surface area contributed by atoms with E-state index in [1.807, 2.05) is 37.3 Å². The largest absolute Gasteiger partial charge is 0.344 e. The fourth-order valence-electron chi connectivity index (χ4n) is 2.65. The summed E-state index contributed by atoms with van der Waals surface area (Å²) in [5, 5.41) is 12.3. The molecule has 0 saturated heterocycles. The standard InChI is InChI=1S/C21H21N5O3/c1-14(22-20(28)18-12-13-19(27)26(2)25-18)15-8-10-17(11-9-15)24-21(29)23-16-6-4-3-5-7-16/h3-14H,1-2H3,(H,22,28)(H2,23,24,29). The van der Waals surface area contributed by atoms with Gasteiger partial charge in [-0.2, -0.15) is 5.10 Å². The summed E-state index contributed by atoms with van der Waals surface area (Å²) in [5.41, 5.74) is 2.06. The van der Waals surface area contributed by atoms with Gasteiger partial charge in [-0.1, -0.05) is 30.3 Å². The van der Waals surface area contributed by atoms with Gasteiger partial charge in [0.2, 0.25) is 0 Å². The lowest BCUT2D eigenvalue weighted by molar-refractivity contribution is 0.0932. The molecule has 3 aromatic rings. The SMILES string of the molecule is CC(NC(=O)c1ccc(=O)n(C)n1)c1ccc(NC(=O)Nc2ccccc2)cc1. The summed E-state index contributed by atoms with van der Waals surface area (Å²) < 4.78 is 1.11. The van der Waals surface area contributed by atoms with Gasteiger partial charge in [-0.25, -0.2) is 9.48 Å². The molecule has 0 bridgehead atoms. The number of aryl methyl sites for hydroxylation is 1. The number of nitrogens with zero attached hydrogens (tertiary/aromatic N) is 2. The van der Waals surface area contributed by atoms with E-state index in [-0.39, 0.29) is 29.2 Å². The van der Waals surface area contributed by atoms with Gasteiger partial charge in [0.25, 0.3) is 11.5 Å². The molecule has 0 saturated carbocycles. The molecule has 3 N–H and O–H groups in total. The Balaban J connectivity index is 1.58. The van der Waals surface area contributed by atoms with E-state index in [0.29, 0.717) is 11.4 Å². The van der Waals surface area contributed by atoms with Crippen LogP contribution in [0.15, 0.2) is 71.5 Å². The van der Waals surface area contributed by atoms with Crippen LogP contribution in [-0.2, 0) is 7.05 Å². The van der Waals surface area contributed by atoms with Crippen molar-refractivity contribution in [3.8, 4) is 0 Å².